The molecule has 0 saturated carbocycles. The van der Waals surface area contributed by atoms with Crippen molar-refractivity contribution in [3.05, 3.63) is 24.0 Å². The largest absolute Gasteiger partial charge is 0.466 e. The topological polar surface area (TPSA) is 94.6 Å². The summed E-state index contributed by atoms with van der Waals surface area (Å²) in [5, 5.41) is 2.43. The van der Waals surface area contributed by atoms with Gasteiger partial charge in [0.15, 0.2) is 0 Å². The molecule has 0 spiro atoms. The van der Waals surface area contributed by atoms with E-state index in [2.05, 4.69) is 19.8 Å². The van der Waals surface area contributed by atoms with E-state index >= 15 is 0 Å². The Balaban J connectivity index is 2.74. The third-order valence-electron chi connectivity index (χ3n) is 2.11. The lowest BCUT2D eigenvalue weighted by Gasteiger charge is -2.08. The summed E-state index contributed by atoms with van der Waals surface area (Å²) in [5.74, 6) is -1.83. The molecular weight excluding hydrogens is 252 g/mol. The lowest BCUT2D eigenvalue weighted by molar-refractivity contribution is -0.145. The standard InChI is InChI=1S/C12H14N2O5/c1-3-19-11(16)6-10(15)14-9-4-5-13-7-8(9)12(17)18-2/h4-5,7H,3,6H2,1-2H3,(H,13,14,15). The molecule has 1 N–H and O–H groups in total. The summed E-state index contributed by atoms with van der Waals surface area (Å²) in [6.45, 7) is 1.85. The molecule has 1 aromatic heterocycles. The van der Waals surface area contributed by atoms with Gasteiger partial charge in [0.2, 0.25) is 5.91 Å². The molecule has 7 heteroatoms. The fourth-order valence-corrected chi connectivity index (χ4v) is 1.31. The SMILES string of the molecule is CCOC(=O)CC(=O)Nc1ccncc1C(=O)OC. The summed E-state index contributed by atoms with van der Waals surface area (Å²) in [4.78, 5) is 37.9. The molecule has 0 fully saturated rings. The Morgan fingerprint density at radius 2 is 2.11 bits per heavy atom. The third kappa shape index (κ3) is 4.38. The molecule has 1 aromatic rings. The van der Waals surface area contributed by atoms with Gasteiger partial charge in [-0.05, 0) is 13.0 Å². The van der Waals surface area contributed by atoms with Crippen LogP contribution < -0.4 is 5.32 Å². The fraction of sp³-hybridized carbons (Fsp3) is 0.333. The van der Waals surface area contributed by atoms with E-state index in [1.54, 1.807) is 6.92 Å². The van der Waals surface area contributed by atoms with Crippen molar-refractivity contribution < 1.29 is 23.9 Å². The molecule has 102 valence electrons. The van der Waals surface area contributed by atoms with Crippen molar-refractivity contribution in [3.63, 3.8) is 0 Å². The second kappa shape index (κ2) is 7.10. The number of carbonyl (C=O) groups is 3. The van der Waals surface area contributed by atoms with Crippen molar-refractivity contribution in [3.8, 4) is 0 Å². The summed E-state index contributed by atoms with van der Waals surface area (Å²) in [6, 6.07) is 1.44. The van der Waals surface area contributed by atoms with Crippen molar-refractivity contribution in [1.29, 1.82) is 0 Å². The Morgan fingerprint density at radius 3 is 2.74 bits per heavy atom. The van der Waals surface area contributed by atoms with E-state index in [1.807, 2.05) is 0 Å². The zero-order chi connectivity index (χ0) is 14.3. The van der Waals surface area contributed by atoms with E-state index in [0.717, 1.165) is 0 Å². The zero-order valence-electron chi connectivity index (χ0n) is 10.6. The van der Waals surface area contributed by atoms with Crippen molar-refractivity contribution in [1.82, 2.24) is 4.98 Å². The molecule has 0 aromatic carbocycles. The Bertz CT molecular complexity index is 487. The monoisotopic (exact) mass is 266 g/mol. The van der Waals surface area contributed by atoms with Crippen LogP contribution in [0.2, 0.25) is 0 Å². The molecule has 7 nitrogen and oxygen atoms in total. The number of aromatic nitrogens is 1. The second-order valence-corrected chi connectivity index (χ2v) is 3.44. The molecule has 0 bridgehead atoms. The van der Waals surface area contributed by atoms with Crippen molar-refractivity contribution in [2.75, 3.05) is 19.0 Å². The van der Waals surface area contributed by atoms with Gasteiger partial charge in [-0.15, -0.1) is 0 Å². The van der Waals surface area contributed by atoms with Crippen LogP contribution in [0.4, 0.5) is 5.69 Å². The Labute approximate surface area is 109 Å². The minimum atomic E-state index is -0.631. The number of hydrogen-bond donors (Lipinski definition) is 1. The van der Waals surface area contributed by atoms with Crippen LogP contribution in [0.25, 0.3) is 0 Å². The first-order valence-corrected chi connectivity index (χ1v) is 5.56. The Morgan fingerprint density at radius 1 is 1.37 bits per heavy atom. The van der Waals surface area contributed by atoms with Crippen molar-refractivity contribution >= 4 is 23.5 Å². The van der Waals surface area contributed by atoms with Crippen LogP contribution in [-0.4, -0.2) is 36.5 Å². The molecule has 0 aliphatic heterocycles. The first kappa shape index (κ1) is 14.6. The third-order valence-corrected chi connectivity index (χ3v) is 2.11. The first-order chi connectivity index (χ1) is 9.08. The molecule has 0 aliphatic rings. The number of ether oxygens (including phenoxy) is 2. The number of amides is 1. The average Bonchev–Trinajstić information content (AvgIpc) is 2.38. The summed E-state index contributed by atoms with van der Waals surface area (Å²) >= 11 is 0. The highest BCUT2D eigenvalue weighted by Crippen LogP contribution is 2.14. The molecular formula is C12H14N2O5. The summed E-state index contributed by atoms with van der Waals surface area (Å²) < 4.78 is 9.20. The van der Waals surface area contributed by atoms with Crippen LogP contribution >= 0.6 is 0 Å². The zero-order valence-corrected chi connectivity index (χ0v) is 10.6. The lowest BCUT2D eigenvalue weighted by Crippen LogP contribution is -2.20. The van der Waals surface area contributed by atoms with Gasteiger partial charge >= 0.3 is 11.9 Å². The fourth-order valence-electron chi connectivity index (χ4n) is 1.31. The highest BCUT2D eigenvalue weighted by molar-refractivity contribution is 6.05. The maximum absolute atomic E-state index is 11.6. The number of rotatable bonds is 5. The van der Waals surface area contributed by atoms with Gasteiger partial charge in [0.25, 0.3) is 0 Å². The number of pyridine rings is 1. The van der Waals surface area contributed by atoms with E-state index in [0.29, 0.717) is 0 Å². The van der Waals surface area contributed by atoms with Gasteiger partial charge in [-0.2, -0.15) is 0 Å². The number of hydrogen-bond acceptors (Lipinski definition) is 6. The van der Waals surface area contributed by atoms with Gasteiger partial charge in [0, 0.05) is 12.4 Å². The molecule has 1 amide bonds. The van der Waals surface area contributed by atoms with Gasteiger partial charge in [-0.3, -0.25) is 14.6 Å². The average molecular weight is 266 g/mol. The molecule has 0 unspecified atom stereocenters. The smallest absolute Gasteiger partial charge is 0.341 e. The summed E-state index contributed by atoms with van der Waals surface area (Å²) in [6.07, 6.45) is 2.26. The maximum atomic E-state index is 11.6. The number of nitrogens with one attached hydrogen (secondary N) is 1. The number of carbonyl (C=O) groups excluding carboxylic acids is 3. The van der Waals surface area contributed by atoms with E-state index in [9.17, 15) is 14.4 Å². The lowest BCUT2D eigenvalue weighted by atomic mass is 10.2. The van der Waals surface area contributed by atoms with Crippen LogP contribution in [0.1, 0.15) is 23.7 Å². The van der Waals surface area contributed by atoms with E-state index < -0.39 is 24.3 Å². The molecule has 1 heterocycles. The molecule has 0 atom stereocenters. The van der Waals surface area contributed by atoms with Crippen LogP contribution in [0, 0.1) is 0 Å². The summed E-state index contributed by atoms with van der Waals surface area (Å²) in [7, 11) is 1.22. The molecule has 0 aliphatic carbocycles. The van der Waals surface area contributed by atoms with Crippen LogP contribution in [0.5, 0.6) is 0 Å². The number of esters is 2. The molecule has 1 rings (SSSR count). The van der Waals surface area contributed by atoms with Gasteiger partial charge in [-0.25, -0.2) is 4.79 Å². The van der Waals surface area contributed by atoms with Gasteiger partial charge in [0.05, 0.1) is 19.4 Å². The quantitative estimate of drug-likeness (QED) is 0.624. The first-order valence-electron chi connectivity index (χ1n) is 5.56. The van der Waals surface area contributed by atoms with Crippen LogP contribution in [-0.2, 0) is 19.1 Å². The van der Waals surface area contributed by atoms with Crippen LogP contribution in [0.15, 0.2) is 18.5 Å². The maximum Gasteiger partial charge on any atom is 0.341 e. The van der Waals surface area contributed by atoms with Crippen LogP contribution in [0.3, 0.4) is 0 Å². The molecule has 19 heavy (non-hydrogen) atoms. The van der Waals surface area contributed by atoms with E-state index in [1.165, 1.54) is 25.6 Å². The van der Waals surface area contributed by atoms with Crippen molar-refractivity contribution in [2.45, 2.75) is 13.3 Å². The van der Waals surface area contributed by atoms with Gasteiger partial charge < -0.3 is 14.8 Å². The number of methoxy groups -OCH3 is 1. The second-order valence-electron chi connectivity index (χ2n) is 3.44. The highest BCUT2D eigenvalue weighted by Gasteiger charge is 2.16. The minimum absolute atomic E-state index is 0.113. The molecule has 0 saturated heterocycles. The van der Waals surface area contributed by atoms with E-state index in [4.69, 9.17) is 0 Å². The van der Waals surface area contributed by atoms with Crippen molar-refractivity contribution in [2.24, 2.45) is 0 Å². The number of anilines is 1. The normalized spacial score (nSPS) is 9.58. The minimum Gasteiger partial charge on any atom is -0.466 e. The Hall–Kier alpha value is -2.44. The predicted molar refractivity (Wildman–Crippen MR) is 65.5 cm³/mol. The molecule has 0 radical (unpaired) electrons. The van der Waals surface area contributed by atoms with E-state index in [-0.39, 0.29) is 17.9 Å². The highest BCUT2D eigenvalue weighted by atomic mass is 16.5. The Kier molecular flexibility index (Phi) is 5.46. The van der Waals surface area contributed by atoms with Gasteiger partial charge in [-0.1, -0.05) is 0 Å². The predicted octanol–water partition coefficient (Wildman–Crippen LogP) is 0.760. The van der Waals surface area contributed by atoms with Gasteiger partial charge in [0.1, 0.15) is 12.0 Å². The summed E-state index contributed by atoms with van der Waals surface area (Å²) in [5.41, 5.74) is 0.346. The number of nitrogens with zero attached hydrogens (tertiary/aromatic N) is 1.